The van der Waals surface area contributed by atoms with Gasteiger partial charge >= 0.3 is 0 Å². The number of pyridine rings is 1. The minimum absolute atomic E-state index is 0.0992. The molecule has 1 aliphatic rings. The van der Waals surface area contributed by atoms with E-state index >= 15 is 0 Å². The minimum Gasteiger partial charge on any atom is -0.262 e. The van der Waals surface area contributed by atoms with E-state index in [-0.39, 0.29) is 5.03 Å². The van der Waals surface area contributed by atoms with E-state index in [2.05, 4.69) is 4.98 Å². The van der Waals surface area contributed by atoms with Gasteiger partial charge in [0.15, 0.2) is 5.03 Å². The lowest BCUT2D eigenvalue weighted by atomic mass is 9.94. The number of halogens is 3. The van der Waals surface area contributed by atoms with Crippen molar-refractivity contribution in [2.24, 2.45) is 0 Å². The van der Waals surface area contributed by atoms with E-state index in [9.17, 15) is 17.2 Å². The number of sulfonamides is 1. The molecule has 0 saturated heterocycles. The monoisotopic (exact) mass is 462 g/mol. The number of hydrogen-bond donors (Lipinski definition) is 0. The van der Waals surface area contributed by atoms with Gasteiger partial charge in [0.1, 0.15) is 11.6 Å². The fraction of sp³-hybridized carbons (Fsp3) is 0.261. The summed E-state index contributed by atoms with van der Waals surface area (Å²) in [4.78, 5) is 4.10. The molecule has 1 aliphatic heterocycles. The van der Waals surface area contributed by atoms with Gasteiger partial charge in [-0.3, -0.25) is 4.31 Å². The summed E-state index contributed by atoms with van der Waals surface area (Å²) in [5.41, 5.74) is 2.36. The van der Waals surface area contributed by atoms with Crippen LogP contribution < -0.4 is 4.31 Å². The van der Waals surface area contributed by atoms with E-state index in [0.29, 0.717) is 42.0 Å². The third-order valence-corrected chi connectivity index (χ3v) is 7.55. The molecular formula is C23H21ClF2N2O2S. The lowest BCUT2D eigenvalue weighted by Gasteiger charge is -2.37. The molecule has 1 aromatic heterocycles. The summed E-state index contributed by atoms with van der Waals surface area (Å²) in [5.74, 6) is -0.940. The largest absolute Gasteiger partial charge is 0.282 e. The van der Waals surface area contributed by atoms with Crippen LogP contribution in [0.25, 0.3) is 0 Å². The van der Waals surface area contributed by atoms with Gasteiger partial charge in [-0.1, -0.05) is 29.8 Å². The number of nitrogens with zero attached hydrogens (tertiary/aromatic N) is 2. The smallest absolute Gasteiger partial charge is 0.262 e. The van der Waals surface area contributed by atoms with Crippen molar-refractivity contribution < 1.29 is 17.2 Å². The van der Waals surface area contributed by atoms with Crippen LogP contribution in [0, 0.1) is 18.6 Å². The zero-order chi connectivity index (χ0) is 22.2. The molecule has 0 N–H and O–H groups in total. The Morgan fingerprint density at radius 2 is 1.94 bits per heavy atom. The van der Waals surface area contributed by atoms with Crippen LogP contribution in [0.4, 0.5) is 14.5 Å². The van der Waals surface area contributed by atoms with Crippen molar-refractivity contribution in [1.29, 1.82) is 0 Å². The van der Waals surface area contributed by atoms with Crippen LogP contribution in [-0.4, -0.2) is 19.4 Å². The zero-order valence-corrected chi connectivity index (χ0v) is 18.4. The van der Waals surface area contributed by atoms with Crippen LogP contribution in [0.5, 0.6) is 0 Å². The number of aryl methyl sites for hydroxylation is 3. The molecule has 0 saturated carbocycles. The lowest BCUT2D eigenvalue weighted by molar-refractivity contribution is 0.514. The lowest BCUT2D eigenvalue weighted by Crippen LogP contribution is -2.44. The molecule has 2 aromatic carbocycles. The highest BCUT2D eigenvalue weighted by Crippen LogP contribution is 2.37. The van der Waals surface area contributed by atoms with Crippen molar-refractivity contribution in [3.8, 4) is 0 Å². The average molecular weight is 463 g/mol. The molecule has 0 spiro atoms. The third kappa shape index (κ3) is 4.43. The third-order valence-electron chi connectivity index (χ3n) is 5.53. The predicted octanol–water partition coefficient (Wildman–Crippen LogP) is 5.46. The van der Waals surface area contributed by atoms with Gasteiger partial charge in [-0.25, -0.2) is 13.8 Å². The highest BCUT2D eigenvalue weighted by atomic mass is 35.5. The van der Waals surface area contributed by atoms with E-state index in [1.165, 1.54) is 34.8 Å². The van der Waals surface area contributed by atoms with E-state index in [4.69, 9.17) is 11.6 Å². The molecule has 8 heteroatoms. The van der Waals surface area contributed by atoms with Crippen molar-refractivity contribution in [2.75, 3.05) is 4.31 Å². The molecule has 1 atom stereocenters. The maximum atomic E-state index is 14.3. The molecule has 0 aliphatic carbocycles. The molecule has 1 unspecified atom stereocenters. The average Bonchev–Trinajstić information content (AvgIpc) is 2.72. The molecule has 0 amide bonds. The predicted molar refractivity (Wildman–Crippen MR) is 117 cm³/mol. The fourth-order valence-electron chi connectivity index (χ4n) is 3.93. The molecule has 0 radical (unpaired) electrons. The van der Waals surface area contributed by atoms with Gasteiger partial charge in [0.05, 0.1) is 5.69 Å². The van der Waals surface area contributed by atoms with Gasteiger partial charge in [0, 0.05) is 17.3 Å². The molecule has 0 bridgehead atoms. The quantitative estimate of drug-likeness (QED) is 0.505. The minimum atomic E-state index is -4.04. The maximum absolute atomic E-state index is 14.3. The van der Waals surface area contributed by atoms with Crippen LogP contribution in [0.3, 0.4) is 0 Å². The summed E-state index contributed by atoms with van der Waals surface area (Å²) < 4.78 is 56.7. The normalized spacial score (nSPS) is 16.3. The van der Waals surface area contributed by atoms with Crippen LogP contribution >= 0.6 is 11.6 Å². The molecule has 4 nitrogen and oxygen atoms in total. The number of fused-ring (bicyclic) bond motifs is 1. The van der Waals surface area contributed by atoms with Crippen molar-refractivity contribution >= 4 is 27.3 Å². The Morgan fingerprint density at radius 1 is 1.13 bits per heavy atom. The summed E-state index contributed by atoms with van der Waals surface area (Å²) in [7, 11) is -4.04. The molecule has 31 heavy (non-hydrogen) atoms. The number of benzene rings is 2. The number of anilines is 1. The van der Waals surface area contributed by atoms with E-state index in [1.54, 1.807) is 24.3 Å². The van der Waals surface area contributed by atoms with E-state index in [0.717, 1.165) is 11.1 Å². The first-order valence-corrected chi connectivity index (χ1v) is 11.8. The Hall–Kier alpha value is -2.51. The second kappa shape index (κ2) is 8.55. The number of hydrogen-bond acceptors (Lipinski definition) is 3. The van der Waals surface area contributed by atoms with Gasteiger partial charge in [-0.2, -0.15) is 8.42 Å². The van der Waals surface area contributed by atoms with Gasteiger partial charge < -0.3 is 0 Å². The van der Waals surface area contributed by atoms with Crippen LogP contribution in [0.15, 0.2) is 59.8 Å². The Balaban J connectivity index is 1.72. The highest BCUT2D eigenvalue weighted by Gasteiger charge is 2.37. The Bertz CT molecular complexity index is 1220. The fourth-order valence-corrected chi connectivity index (χ4v) is 5.75. The van der Waals surface area contributed by atoms with Crippen molar-refractivity contribution in [3.05, 3.63) is 88.1 Å². The molecule has 2 heterocycles. The first kappa shape index (κ1) is 21.7. The molecule has 162 valence electrons. The zero-order valence-electron chi connectivity index (χ0n) is 16.9. The second-order valence-corrected chi connectivity index (χ2v) is 9.91. The van der Waals surface area contributed by atoms with Gasteiger partial charge in [-0.15, -0.1) is 0 Å². The number of rotatable bonds is 5. The summed E-state index contributed by atoms with van der Waals surface area (Å²) in [5, 5.41) is 0.204. The van der Waals surface area contributed by atoms with Gasteiger partial charge in [0.2, 0.25) is 0 Å². The van der Waals surface area contributed by atoms with E-state index < -0.39 is 27.7 Å². The highest BCUT2D eigenvalue weighted by molar-refractivity contribution is 7.92. The van der Waals surface area contributed by atoms with E-state index in [1.807, 2.05) is 6.92 Å². The SMILES string of the molecule is Cc1ccc(S(=O)(=O)N2c3cc(F)ccc3CCC2CCc2ccc(Cl)cc2F)nc1. The molecule has 4 rings (SSSR count). The van der Waals surface area contributed by atoms with Crippen LogP contribution in [-0.2, 0) is 22.9 Å². The van der Waals surface area contributed by atoms with Gasteiger partial charge in [-0.05, 0) is 79.6 Å². The summed E-state index contributed by atoms with van der Waals surface area (Å²) in [6.07, 6.45) is 3.34. The summed E-state index contributed by atoms with van der Waals surface area (Å²) in [6, 6.07) is 11.3. The Labute approximate surface area is 185 Å². The second-order valence-electron chi connectivity index (χ2n) is 7.71. The van der Waals surface area contributed by atoms with Gasteiger partial charge in [0.25, 0.3) is 10.0 Å². The van der Waals surface area contributed by atoms with Crippen molar-refractivity contribution in [3.63, 3.8) is 0 Å². The maximum Gasteiger partial charge on any atom is 0.282 e. The summed E-state index contributed by atoms with van der Waals surface area (Å²) in [6.45, 7) is 1.82. The topological polar surface area (TPSA) is 50.3 Å². The van der Waals surface area contributed by atoms with Crippen molar-refractivity contribution in [1.82, 2.24) is 4.98 Å². The van der Waals surface area contributed by atoms with Crippen molar-refractivity contribution in [2.45, 2.75) is 43.7 Å². The van der Waals surface area contributed by atoms with Crippen LogP contribution in [0.2, 0.25) is 5.02 Å². The Kier molecular flexibility index (Phi) is 5.99. The first-order valence-electron chi connectivity index (χ1n) is 9.95. The van der Waals surface area contributed by atoms with Crippen LogP contribution in [0.1, 0.15) is 29.5 Å². The standard InChI is InChI=1S/C23H21ClF2N2O2S/c1-15-2-11-23(27-14-15)31(29,30)28-20(9-5-16-3-7-18(24)12-21(16)26)10-6-17-4-8-19(25)13-22(17)28/h2-4,7-8,11-14,20H,5-6,9-10H2,1H3. The number of aromatic nitrogens is 1. The molecular weight excluding hydrogens is 442 g/mol. The molecule has 0 fully saturated rings. The molecule has 3 aromatic rings. The first-order chi connectivity index (χ1) is 14.8. The summed E-state index contributed by atoms with van der Waals surface area (Å²) >= 11 is 5.83. The Morgan fingerprint density at radius 3 is 2.65 bits per heavy atom.